The highest BCUT2D eigenvalue weighted by molar-refractivity contribution is 7.89. The van der Waals surface area contributed by atoms with Crippen molar-refractivity contribution in [2.45, 2.75) is 50.5 Å². The number of rotatable bonds is 6. The number of fused-ring (bicyclic) bond motifs is 1. The average Bonchev–Trinajstić information content (AvgIpc) is 3.43. The summed E-state index contributed by atoms with van der Waals surface area (Å²) in [5.74, 6) is -0.540. The molecule has 11 heteroatoms. The van der Waals surface area contributed by atoms with E-state index in [0.717, 1.165) is 53.2 Å². The molecule has 9 nitrogen and oxygen atoms in total. The zero-order chi connectivity index (χ0) is 23.8. The first kappa shape index (κ1) is 23.7. The quantitative estimate of drug-likeness (QED) is 0.618. The second-order valence-electron chi connectivity index (χ2n) is 8.54. The van der Waals surface area contributed by atoms with Gasteiger partial charge >= 0.3 is 5.97 Å². The lowest BCUT2D eigenvalue weighted by atomic mass is 9.88. The molecule has 1 amide bonds. The SMILES string of the molecule is COC(=O)c1c(NC(=O)Cn2cc(S(=O)(=O)N3CCCC3)ccc2=O)sc2c1CCC(C)C2. The molecule has 1 fully saturated rings. The van der Waals surface area contributed by atoms with Gasteiger partial charge in [-0.2, -0.15) is 4.31 Å². The number of esters is 1. The van der Waals surface area contributed by atoms with Gasteiger partial charge in [-0.15, -0.1) is 11.3 Å². The smallest absolute Gasteiger partial charge is 0.341 e. The predicted molar refractivity (Wildman–Crippen MR) is 124 cm³/mol. The summed E-state index contributed by atoms with van der Waals surface area (Å²) >= 11 is 1.35. The molecule has 0 saturated carbocycles. The fourth-order valence-electron chi connectivity index (χ4n) is 4.34. The van der Waals surface area contributed by atoms with Gasteiger partial charge in [0.05, 0.1) is 17.6 Å². The van der Waals surface area contributed by atoms with Gasteiger partial charge in [0.1, 0.15) is 11.5 Å². The predicted octanol–water partition coefficient (Wildman–Crippen LogP) is 2.24. The monoisotopic (exact) mass is 493 g/mol. The maximum absolute atomic E-state index is 12.8. The van der Waals surface area contributed by atoms with E-state index in [1.165, 1.54) is 35.0 Å². The minimum Gasteiger partial charge on any atom is -0.465 e. The molecule has 1 saturated heterocycles. The third-order valence-electron chi connectivity index (χ3n) is 6.13. The first-order valence-electron chi connectivity index (χ1n) is 10.9. The lowest BCUT2D eigenvalue weighted by Crippen LogP contribution is -2.31. The lowest BCUT2D eigenvalue weighted by molar-refractivity contribution is -0.116. The van der Waals surface area contributed by atoms with Crippen molar-refractivity contribution in [1.29, 1.82) is 0 Å². The third-order valence-corrected chi connectivity index (χ3v) is 9.18. The molecule has 4 rings (SSSR count). The Morgan fingerprint density at radius 1 is 1.24 bits per heavy atom. The number of nitrogens with zero attached hydrogens (tertiary/aromatic N) is 2. The minimum absolute atomic E-state index is 0.0207. The average molecular weight is 494 g/mol. The summed E-state index contributed by atoms with van der Waals surface area (Å²) in [7, 11) is -2.42. The van der Waals surface area contributed by atoms with Crippen LogP contribution in [0.1, 0.15) is 47.0 Å². The fraction of sp³-hybridized carbons (Fsp3) is 0.500. The number of thiophene rings is 1. The van der Waals surface area contributed by atoms with Gasteiger partial charge in [-0.1, -0.05) is 6.92 Å². The first-order chi connectivity index (χ1) is 15.7. The molecule has 2 aliphatic rings. The number of pyridine rings is 1. The molecule has 1 N–H and O–H groups in total. The van der Waals surface area contributed by atoms with Crippen LogP contribution >= 0.6 is 11.3 Å². The summed E-state index contributed by atoms with van der Waals surface area (Å²) < 4.78 is 33.1. The van der Waals surface area contributed by atoms with Gasteiger partial charge in [0.25, 0.3) is 5.56 Å². The number of nitrogens with one attached hydrogen (secondary N) is 1. The number of hydrogen-bond donors (Lipinski definition) is 1. The number of ether oxygens (including phenoxy) is 1. The fourth-order valence-corrected chi connectivity index (χ4v) is 7.29. The maximum Gasteiger partial charge on any atom is 0.341 e. The van der Waals surface area contributed by atoms with E-state index in [2.05, 4.69) is 12.2 Å². The van der Waals surface area contributed by atoms with Gasteiger partial charge in [0, 0.05) is 30.2 Å². The number of amides is 1. The van der Waals surface area contributed by atoms with Crippen molar-refractivity contribution in [3.63, 3.8) is 0 Å². The van der Waals surface area contributed by atoms with Crippen molar-refractivity contribution >= 4 is 38.2 Å². The summed E-state index contributed by atoms with van der Waals surface area (Å²) in [5, 5.41) is 3.15. The van der Waals surface area contributed by atoms with E-state index in [1.807, 2.05) is 0 Å². The largest absolute Gasteiger partial charge is 0.465 e. The van der Waals surface area contributed by atoms with E-state index in [9.17, 15) is 22.8 Å². The molecule has 0 radical (unpaired) electrons. The molecule has 178 valence electrons. The van der Waals surface area contributed by atoms with Gasteiger partial charge in [-0.05, 0) is 49.7 Å². The molecule has 1 aliphatic heterocycles. The molecule has 1 aliphatic carbocycles. The highest BCUT2D eigenvalue weighted by Crippen LogP contribution is 2.40. The van der Waals surface area contributed by atoms with Crippen LogP contribution in [0.25, 0.3) is 0 Å². The van der Waals surface area contributed by atoms with E-state index in [1.54, 1.807) is 0 Å². The lowest BCUT2D eigenvalue weighted by Gasteiger charge is -2.18. The Hall–Kier alpha value is -2.50. The second-order valence-corrected chi connectivity index (χ2v) is 11.6. The van der Waals surface area contributed by atoms with E-state index < -0.39 is 27.5 Å². The third kappa shape index (κ3) is 4.75. The van der Waals surface area contributed by atoms with Crippen molar-refractivity contribution in [2.24, 2.45) is 5.92 Å². The van der Waals surface area contributed by atoms with E-state index in [4.69, 9.17) is 4.74 Å². The molecule has 2 aromatic rings. The van der Waals surface area contributed by atoms with Crippen LogP contribution in [-0.4, -0.2) is 49.4 Å². The van der Waals surface area contributed by atoms with Gasteiger partial charge in [0.15, 0.2) is 0 Å². The standard InChI is InChI=1S/C22H27N3O6S2/c1-14-5-7-16-17(11-14)32-21(20(16)22(28)31-2)23-18(26)13-24-12-15(6-8-19(24)27)33(29,30)25-9-3-4-10-25/h6,8,12,14H,3-5,7,9-11,13H2,1-2H3,(H,23,26). The zero-order valence-electron chi connectivity index (χ0n) is 18.6. The van der Waals surface area contributed by atoms with Crippen molar-refractivity contribution in [3.05, 3.63) is 44.7 Å². The normalized spacial score (nSPS) is 18.7. The highest BCUT2D eigenvalue weighted by Gasteiger charge is 2.30. The van der Waals surface area contributed by atoms with Crippen molar-refractivity contribution < 1.29 is 22.7 Å². The summed E-state index contributed by atoms with van der Waals surface area (Å²) in [6, 6.07) is 2.43. The highest BCUT2D eigenvalue weighted by atomic mass is 32.2. The van der Waals surface area contributed by atoms with Gasteiger partial charge in [0.2, 0.25) is 15.9 Å². The zero-order valence-corrected chi connectivity index (χ0v) is 20.3. The summed E-state index contributed by atoms with van der Waals surface area (Å²) in [6.45, 7) is 2.66. The molecule has 0 spiro atoms. The molecule has 3 heterocycles. The first-order valence-corrected chi connectivity index (χ1v) is 13.2. The second kappa shape index (κ2) is 9.40. The Bertz CT molecular complexity index is 1240. The number of carbonyl (C=O) groups excluding carboxylic acids is 2. The van der Waals surface area contributed by atoms with Crippen LogP contribution in [0.15, 0.2) is 28.0 Å². The number of methoxy groups -OCH3 is 1. The summed E-state index contributed by atoms with van der Waals surface area (Å²) in [5.41, 5.74) is 0.796. The molecule has 33 heavy (non-hydrogen) atoms. The summed E-state index contributed by atoms with van der Waals surface area (Å²) in [4.78, 5) is 38.6. The van der Waals surface area contributed by atoms with Crippen molar-refractivity contribution in [3.8, 4) is 0 Å². The molecule has 0 aromatic carbocycles. The maximum atomic E-state index is 12.8. The van der Waals surface area contributed by atoms with Crippen LogP contribution in [0, 0.1) is 5.92 Å². The Morgan fingerprint density at radius 2 is 1.97 bits per heavy atom. The Kier molecular flexibility index (Phi) is 6.73. The number of hydrogen-bond acceptors (Lipinski definition) is 7. The molecule has 1 atom stereocenters. The molecular formula is C22H27N3O6S2. The topological polar surface area (TPSA) is 115 Å². The van der Waals surface area contributed by atoms with Crippen LogP contribution in [0.2, 0.25) is 0 Å². The van der Waals surface area contributed by atoms with Crippen LogP contribution in [-0.2, 0) is 38.9 Å². The number of aromatic nitrogens is 1. The van der Waals surface area contributed by atoms with E-state index in [-0.39, 0.29) is 11.4 Å². The van der Waals surface area contributed by atoms with E-state index >= 15 is 0 Å². The van der Waals surface area contributed by atoms with Crippen LogP contribution in [0.5, 0.6) is 0 Å². The summed E-state index contributed by atoms with van der Waals surface area (Å²) in [6.07, 6.45) is 5.33. The number of sulfonamides is 1. The number of carbonyl (C=O) groups is 2. The van der Waals surface area contributed by atoms with Gasteiger partial charge in [-0.25, -0.2) is 13.2 Å². The van der Waals surface area contributed by atoms with Crippen molar-refractivity contribution in [2.75, 3.05) is 25.5 Å². The molecule has 0 bridgehead atoms. The van der Waals surface area contributed by atoms with Crippen LogP contribution in [0.3, 0.4) is 0 Å². The number of anilines is 1. The van der Waals surface area contributed by atoms with Gasteiger partial charge < -0.3 is 14.6 Å². The minimum atomic E-state index is -3.72. The van der Waals surface area contributed by atoms with Crippen LogP contribution < -0.4 is 10.9 Å². The Morgan fingerprint density at radius 3 is 2.67 bits per heavy atom. The van der Waals surface area contributed by atoms with E-state index in [0.29, 0.717) is 29.6 Å². The van der Waals surface area contributed by atoms with Gasteiger partial charge in [-0.3, -0.25) is 9.59 Å². The Balaban J connectivity index is 1.58. The molecular weight excluding hydrogens is 466 g/mol. The Labute approximate surface area is 196 Å². The van der Waals surface area contributed by atoms with Crippen LogP contribution in [0.4, 0.5) is 5.00 Å². The molecule has 2 aromatic heterocycles. The molecule has 1 unspecified atom stereocenters. The van der Waals surface area contributed by atoms with Crippen molar-refractivity contribution in [1.82, 2.24) is 8.87 Å².